The molecule has 1 heterocycles. The van der Waals surface area contributed by atoms with Crippen LogP contribution >= 0.6 is 0 Å². The van der Waals surface area contributed by atoms with Crippen LogP contribution in [0.2, 0.25) is 0 Å². The second-order valence-corrected chi connectivity index (χ2v) is 7.00. The van der Waals surface area contributed by atoms with E-state index in [2.05, 4.69) is 39.6 Å². The Kier molecular flexibility index (Phi) is 7.91. The van der Waals surface area contributed by atoms with Crippen LogP contribution in [0.3, 0.4) is 0 Å². The summed E-state index contributed by atoms with van der Waals surface area (Å²) in [5, 5.41) is 10.5. The number of carboxylic acid groups (broad SMARTS) is 1. The van der Waals surface area contributed by atoms with Crippen LogP contribution in [0, 0.1) is 0 Å². The number of aromatic amines is 1. The molecule has 0 atom stereocenters. The molecule has 4 rings (SSSR count). The van der Waals surface area contributed by atoms with E-state index in [0.717, 1.165) is 35.7 Å². The topological polar surface area (TPSA) is 87.2 Å². The molecule has 3 aromatic carbocycles. The summed E-state index contributed by atoms with van der Waals surface area (Å²) in [7, 11) is 0. The van der Waals surface area contributed by atoms with E-state index in [4.69, 9.17) is 14.6 Å². The van der Waals surface area contributed by atoms with Crippen molar-refractivity contribution in [1.29, 1.82) is 0 Å². The van der Waals surface area contributed by atoms with E-state index in [-0.39, 0.29) is 0 Å². The Morgan fingerprint density at radius 1 is 0.939 bits per heavy atom. The van der Waals surface area contributed by atoms with Crippen LogP contribution in [0.5, 0.6) is 5.75 Å². The number of hydrogen-bond donors (Lipinski definition) is 3. The van der Waals surface area contributed by atoms with Crippen LogP contribution in [0.15, 0.2) is 78.9 Å². The number of rotatable bonds is 7. The molecule has 0 fully saturated rings. The monoisotopic (exact) mass is 457 g/mol. The number of ether oxygens (including phenoxy) is 1. The molecular formula is C24H22F3N3O3. The Morgan fingerprint density at radius 2 is 1.58 bits per heavy atom. The zero-order valence-electron chi connectivity index (χ0n) is 17.5. The molecule has 0 amide bonds. The highest BCUT2D eigenvalue weighted by atomic mass is 19.4. The minimum Gasteiger partial charge on any atom is -0.489 e. The number of aromatic nitrogens is 2. The molecule has 4 aromatic rings. The third kappa shape index (κ3) is 7.57. The third-order valence-electron chi connectivity index (χ3n) is 4.51. The number of carbonyl (C=O) groups is 1. The van der Waals surface area contributed by atoms with Crippen LogP contribution < -0.4 is 10.1 Å². The van der Waals surface area contributed by atoms with Gasteiger partial charge in [0.1, 0.15) is 12.4 Å². The molecule has 0 radical (unpaired) electrons. The number of carboxylic acids is 1. The first kappa shape index (κ1) is 23.6. The van der Waals surface area contributed by atoms with Crippen molar-refractivity contribution in [3.63, 3.8) is 0 Å². The van der Waals surface area contributed by atoms with Gasteiger partial charge in [0, 0.05) is 6.54 Å². The maximum atomic E-state index is 10.6. The molecule has 9 heteroatoms. The lowest BCUT2D eigenvalue weighted by molar-refractivity contribution is -0.192. The van der Waals surface area contributed by atoms with E-state index in [1.54, 1.807) is 0 Å². The van der Waals surface area contributed by atoms with Gasteiger partial charge in [-0.2, -0.15) is 13.2 Å². The second-order valence-electron chi connectivity index (χ2n) is 7.00. The van der Waals surface area contributed by atoms with E-state index >= 15 is 0 Å². The van der Waals surface area contributed by atoms with Crippen LogP contribution in [0.1, 0.15) is 11.1 Å². The zero-order valence-corrected chi connectivity index (χ0v) is 17.5. The maximum Gasteiger partial charge on any atom is 0.490 e. The first-order valence-corrected chi connectivity index (χ1v) is 10.1. The molecule has 0 saturated heterocycles. The molecular weight excluding hydrogens is 435 g/mol. The van der Waals surface area contributed by atoms with Crippen LogP contribution in [-0.2, 0) is 17.8 Å². The summed E-state index contributed by atoms with van der Waals surface area (Å²) in [5.74, 6) is -1.05. The summed E-state index contributed by atoms with van der Waals surface area (Å²) in [4.78, 5) is 16.7. The number of aliphatic carboxylic acids is 1. The highest BCUT2D eigenvalue weighted by Crippen LogP contribution is 2.16. The van der Waals surface area contributed by atoms with Gasteiger partial charge in [0.15, 0.2) is 0 Å². The normalized spacial score (nSPS) is 10.9. The fourth-order valence-electron chi connectivity index (χ4n) is 2.86. The largest absolute Gasteiger partial charge is 0.490 e. The van der Waals surface area contributed by atoms with Crippen molar-refractivity contribution in [1.82, 2.24) is 9.97 Å². The summed E-state index contributed by atoms with van der Waals surface area (Å²) < 4.78 is 37.6. The first-order valence-electron chi connectivity index (χ1n) is 10.1. The van der Waals surface area contributed by atoms with Crippen molar-refractivity contribution in [3.8, 4) is 5.75 Å². The van der Waals surface area contributed by atoms with Gasteiger partial charge in [0.25, 0.3) is 0 Å². The Morgan fingerprint density at radius 3 is 2.21 bits per heavy atom. The number of nitrogens with one attached hydrogen (secondary N) is 2. The number of hydrogen-bond acceptors (Lipinski definition) is 4. The fourth-order valence-corrected chi connectivity index (χ4v) is 2.86. The van der Waals surface area contributed by atoms with E-state index in [1.165, 1.54) is 11.1 Å². The van der Waals surface area contributed by atoms with Crippen LogP contribution in [0.25, 0.3) is 11.0 Å². The lowest BCUT2D eigenvalue weighted by atomic mass is 10.1. The highest BCUT2D eigenvalue weighted by Gasteiger charge is 2.38. The molecule has 1 aromatic heterocycles. The average Bonchev–Trinajstić information content (AvgIpc) is 3.22. The summed E-state index contributed by atoms with van der Waals surface area (Å²) in [6.45, 7) is 1.41. The SMILES string of the molecule is O=C(O)C(F)(F)F.c1ccc(COc2ccc(CCNc3nc4ccccc4[nH]3)cc2)cc1. The molecule has 3 N–H and O–H groups in total. The van der Waals surface area contributed by atoms with E-state index < -0.39 is 12.1 Å². The van der Waals surface area contributed by atoms with Crippen LogP contribution in [-0.4, -0.2) is 33.8 Å². The molecule has 0 aliphatic carbocycles. The molecule has 33 heavy (non-hydrogen) atoms. The Labute approximate surface area is 188 Å². The molecule has 0 spiro atoms. The number of halogens is 3. The second kappa shape index (κ2) is 11.0. The Bertz CT molecular complexity index is 1130. The minimum atomic E-state index is -5.08. The van der Waals surface area contributed by atoms with Gasteiger partial charge in [-0.15, -0.1) is 0 Å². The predicted octanol–water partition coefficient (Wildman–Crippen LogP) is 5.43. The van der Waals surface area contributed by atoms with Crippen molar-refractivity contribution in [2.75, 3.05) is 11.9 Å². The first-order chi connectivity index (χ1) is 15.8. The lowest BCUT2D eigenvalue weighted by Gasteiger charge is -2.08. The average molecular weight is 457 g/mol. The molecule has 172 valence electrons. The number of benzene rings is 3. The summed E-state index contributed by atoms with van der Waals surface area (Å²) in [6.07, 6.45) is -4.16. The number of imidazole rings is 1. The standard InChI is InChI=1S/C22H21N3O.C2HF3O2/c1-2-6-18(7-3-1)16-26-19-12-10-17(11-13-19)14-15-23-22-24-20-8-4-5-9-21(20)25-22;3-2(4,5)1(6)7/h1-13H,14-16H2,(H2,23,24,25);(H,6,7). The molecule has 0 bridgehead atoms. The predicted molar refractivity (Wildman–Crippen MR) is 119 cm³/mol. The van der Waals surface area contributed by atoms with Gasteiger partial charge in [0.2, 0.25) is 5.95 Å². The van der Waals surface area contributed by atoms with Gasteiger partial charge in [-0.1, -0.05) is 54.6 Å². The Balaban J connectivity index is 0.000000383. The molecule has 0 aliphatic heterocycles. The maximum absolute atomic E-state index is 10.6. The number of para-hydroxylation sites is 2. The molecule has 0 unspecified atom stereocenters. The number of alkyl halides is 3. The van der Waals surface area contributed by atoms with Gasteiger partial charge in [-0.3, -0.25) is 0 Å². The van der Waals surface area contributed by atoms with Crippen molar-refractivity contribution in [2.45, 2.75) is 19.2 Å². The summed E-state index contributed by atoms with van der Waals surface area (Å²) >= 11 is 0. The van der Waals surface area contributed by atoms with Gasteiger partial charge in [0.05, 0.1) is 11.0 Å². The smallest absolute Gasteiger partial charge is 0.489 e. The van der Waals surface area contributed by atoms with Gasteiger partial charge in [-0.25, -0.2) is 9.78 Å². The number of nitrogens with zero attached hydrogens (tertiary/aromatic N) is 1. The van der Waals surface area contributed by atoms with Crippen LogP contribution in [0.4, 0.5) is 19.1 Å². The van der Waals surface area contributed by atoms with Gasteiger partial charge < -0.3 is 20.1 Å². The summed E-state index contributed by atoms with van der Waals surface area (Å²) in [6, 6.07) is 26.5. The van der Waals surface area contributed by atoms with Crippen molar-refractivity contribution < 1.29 is 27.8 Å². The molecule has 6 nitrogen and oxygen atoms in total. The van der Waals surface area contributed by atoms with Crippen molar-refractivity contribution in [2.24, 2.45) is 0 Å². The van der Waals surface area contributed by atoms with Gasteiger partial charge >= 0.3 is 12.1 Å². The van der Waals surface area contributed by atoms with Gasteiger partial charge in [-0.05, 0) is 41.8 Å². The van der Waals surface area contributed by atoms with E-state index in [1.807, 2.05) is 54.6 Å². The van der Waals surface area contributed by atoms with Crippen molar-refractivity contribution >= 4 is 23.0 Å². The zero-order chi connectivity index (χ0) is 23.7. The lowest BCUT2D eigenvalue weighted by Crippen LogP contribution is -2.21. The number of fused-ring (bicyclic) bond motifs is 1. The number of H-pyrrole nitrogens is 1. The minimum absolute atomic E-state index is 0.591. The summed E-state index contributed by atoms with van der Waals surface area (Å²) in [5.41, 5.74) is 4.47. The molecule has 0 saturated carbocycles. The number of anilines is 1. The quantitative estimate of drug-likeness (QED) is 0.345. The highest BCUT2D eigenvalue weighted by molar-refractivity contribution is 5.77. The van der Waals surface area contributed by atoms with E-state index in [9.17, 15) is 13.2 Å². The van der Waals surface area contributed by atoms with E-state index in [0.29, 0.717) is 6.61 Å². The van der Waals surface area contributed by atoms with Crippen molar-refractivity contribution in [3.05, 3.63) is 90.0 Å². The fraction of sp³-hybridized carbons (Fsp3) is 0.167. The Hall–Kier alpha value is -4.01. The molecule has 0 aliphatic rings. The third-order valence-corrected chi connectivity index (χ3v) is 4.51.